The predicted molar refractivity (Wildman–Crippen MR) is 44.6 cm³/mol. The number of nitrogens with zero attached hydrogens (tertiary/aromatic N) is 3. The maximum absolute atomic E-state index is 8.71. The third-order valence-corrected chi connectivity index (χ3v) is 1.76. The molecule has 0 bridgehead atoms. The molecule has 68 valence electrons. The van der Waals surface area contributed by atoms with E-state index in [4.69, 9.17) is 5.11 Å². The van der Waals surface area contributed by atoms with E-state index in [1.807, 2.05) is 7.05 Å². The van der Waals surface area contributed by atoms with Crippen LogP contribution in [0.2, 0.25) is 0 Å². The second kappa shape index (κ2) is 4.84. The van der Waals surface area contributed by atoms with Gasteiger partial charge in [-0.2, -0.15) is 5.10 Å². The normalized spacial score (nSPS) is 13.2. The highest BCUT2D eigenvalue weighted by Gasteiger charge is 2.05. The van der Waals surface area contributed by atoms with Gasteiger partial charge in [-0.05, 0) is 13.5 Å². The highest BCUT2D eigenvalue weighted by atomic mass is 16.3. The van der Waals surface area contributed by atoms with Crippen LogP contribution in [0.4, 0.5) is 0 Å². The standard InChI is InChI=1S/C7H14N4O/c1-8-7(2-3-12)4-11-6-9-5-10-11/h5-8,12H,2-4H2,1H3. The minimum absolute atomic E-state index is 0.195. The average molecular weight is 170 g/mol. The Hall–Kier alpha value is -0.940. The summed E-state index contributed by atoms with van der Waals surface area (Å²) in [7, 11) is 1.87. The van der Waals surface area contributed by atoms with Crippen molar-refractivity contribution in [2.75, 3.05) is 13.7 Å². The zero-order valence-corrected chi connectivity index (χ0v) is 7.14. The second-order valence-electron chi connectivity index (χ2n) is 2.62. The lowest BCUT2D eigenvalue weighted by molar-refractivity contribution is 0.258. The molecule has 1 rings (SSSR count). The van der Waals surface area contributed by atoms with Gasteiger partial charge in [-0.3, -0.25) is 4.68 Å². The van der Waals surface area contributed by atoms with Crippen molar-refractivity contribution in [1.82, 2.24) is 20.1 Å². The van der Waals surface area contributed by atoms with Crippen molar-refractivity contribution in [1.29, 1.82) is 0 Å². The molecule has 0 amide bonds. The highest BCUT2D eigenvalue weighted by Crippen LogP contribution is 1.93. The van der Waals surface area contributed by atoms with Gasteiger partial charge >= 0.3 is 0 Å². The number of nitrogens with one attached hydrogen (secondary N) is 1. The third kappa shape index (κ3) is 2.60. The molecule has 1 heterocycles. The molecule has 1 unspecified atom stereocenters. The Kier molecular flexibility index (Phi) is 3.69. The summed E-state index contributed by atoms with van der Waals surface area (Å²) < 4.78 is 1.75. The lowest BCUT2D eigenvalue weighted by atomic mass is 10.2. The molecule has 0 aliphatic rings. The molecule has 5 nitrogen and oxygen atoms in total. The minimum atomic E-state index is 0.195. The van der Waals surface area contributed by atoms with E-state index < -0.39 is 0 Å². The van der Waals surface area contributed by atoms with Crippen molar-refractivity contribution in [3.8, 4) is 0 Å². The van der Waals surface area contributed by atoms with Crippen molar-refractivity contribution in [3.63, 3.8) is 0 Å². The third-order valence-electron chi connectivity index (χ3n) is 1.76. The molecule has 2 N–H and O–H groups in total. The fourth-order valence-electron chi connectivity index (χ4n) is 1.04. The first kappa shape index (κ1) is 9.15. The van der Waals surface area contributed by atoms with Crippen LogP contribution in [0.25, 0.3) is 0 Å². The lowest BCUT2D eigenvalue weighted by Gasteiger charge is -2.13. The molecule has 1 atom stereocenters. The molecule has 0 fully saturated rings. The van der Waals surface area contributed by atoms with Crippen molar-refractivity contribution in [3.05, 3.63) is 12.7 Å². The maximum Gasteiger partial charge on any atom is 0.137 e. The maximum atomic E-state index is 8.71. The molecule has 12 heavy (non-hydrogen) atoms. The Morgan fingerprint density at radius 2 is 2.50 bits per heavy atom. The number of rotatable bonds is 5. The van der Waals surface area contributed by atoms with E-state index in [0.29, 0.717) is 0 Å². The van der Waals surface area contributed by atoms with Crippen molar-refractivity contribution in [2.24, 2.45) is 0 Å². The summed E-state index contributed by atoms with van der Waals surface area (Å²) in [6, 6.07) is 0.261. The Balaban J connectivity index is 2.37. The molecular weight excluding hydrogens is 156 g/mol. The molecule has 1 aromatic rings. The first-order chi connectivity index (χ1) is 5.86. The zero-order valence-electron chi connectivity index (χ0n) is 7.14. The first-order valence-electron chi connectivity index (χ1n) is 3.97. The molecule has 1 aromatic heterocycles. The molecular formula is C7H14N4O. The topological polar surface area (TPSA) is 63.0 Å². The molecule has 0 spiro atoms. The second-order valence-corrected chi connectivity index (χ2v) is 2.62. The summed E-state index contributed by atoms with van der Waals surface area (Å²) in [5, 5.41) is 15.8. The smallest absolute Gasteiger partial charge is 0.137 e. The minimum Gasteiger partial charge on any atom is -0.396 e. The van der Waals surface area contributed by atoms with E-state index in [1.54, 1.807) is 11.0 Å². The van der Waals surface area contributed by atoms with Gasteiger partial charge in [0, 0.05) is 12.6 Å². The number of hydrogen-bond donors (Lipinski definition) is 2. The Morgan fingerprint density at radius 3 is 3.00 bits per heavy atom. The molecule has 0 aliphatic carbocycles. The monoisotopic (exact) mass is 170 g/mol. The molecule has 0 aromatic carbocycles. The van der Waals surface area contributed by atoms with Gasteiger partial charge in [-0.25, -0.2) is 4.98 Å². The van der Waals surface area contributed by atoms with Crippen molar-refractivity contribution in [2.45, 2.75) is 19.0 Å². The van der Waals surface area contributed by atoms with E-state index in [-0.39, 0.29) is 12.6 Å². The van der Waals surface area contributed by atoms with Crippen LogP contribution in [0.3, 0.4) is 0 Å². The fraction of sp³-hybridized carbons (Fsp3) is 0.714. The van der Waals surface area contributed by atoms with Gasteiger partial charge in [-0.15, -0.1) is 0 Å². The van der Waals surface area contributed by atoms with E-state index in [1.165, 1.54) is 6.33 Å². The fourth-order valence-corrected chi connectivity index (χ4v) is 1.04. The van der Waals surface area contributed by atoms with E-state index in [2.05, 4.69) is 15.4 Å². The van der Waals surface area contributed by atoms with Crippen LogP contribution in [0.15, 0.2) is 12.7 Å². The van der Waals surface area contributed by atoms with Gasteiger partial charge in [0.2, 0.25) is 0 Å². The number of aliphatic hydroxyl groups excluding tert-OH is 1. The van der Waals surface area contributed by atoms with Gasteiger partial charge < -0.3 is 10.4 Å². The predicted octanol–water partition coefficient (Wildman–Crippen LogP) is -0.752. The Labute approximate surface area is 71.4 Å². The quantitative estimate of drug-likeness (QED) is 0.610. The van der Waals surface area contributed by atoms with Gasteiger partial charge in [0.05, 0.1) is 6.54 Å². The van der Waals surface area contributed by atoms with Gasteiger partial charge in [0.25, 0.3) is 0 Å². The van der Waals surface area contributed by atoms with Gasteiger partial charge in [0.15, 0.2) is 0 Å². The number of hydrogen-bond acceptors (Lipinski definition) is 4. The zero-order chi connectivity index (χ0) is 8.81. The van der Waals surface area contributed by atoms with E-state index in [0.717, 1.165) is 13.0 Å². The lowest BCUT2D eigenvalue weighted by Crippen LogP contribution is -2.31. The number of aromatic nitrogens is 3. The van der Waals surface area contributed by atoms with Crippen LogP contribution in [0, 0.1) is 0 Å². The Bertz CT molecular complexity index is 199. The van der Waals surface area contributed by atoms with E-state index in [9.17, 15) is 0 Å². The molecule has 5 heteroatoms. The van der Waals surface area contributed by atoms with Crippen LogP contribution in [-0.2, 0) is 6.54 Å². The summed E-state index contributed by atoms with van der Waals surface area (Å²) in [5.74, 6) is 0. The van der Waals surface area contributed by atoms with Crippen molar-refractivity contribution >= 4 is 0 Å². The SMILES string of the molecule is CNC(CCO)Cn1cncn1. The van der Waals surface area contributed by atoms with Crippen molar-refractivity contribution < 1.29 is 5.11 Å². The molecule has 0 aliphatic heterocycles. The summed E-state index contributed by atoms with van der Waals surface area (Å²) in [6.07, 6.45) is 3.91. The van der Waals surface area contributed by atoms with Crippen LogP contribution < -0.4 is 5.32 Å². The van der Waals surface area contributed by atoms with Crippen LogP contribution in [0.1, 0.15) is 6.42 Å². The molecule has 0 radical (unpaired) electrons. The largest absolute Gasteiger partial charge is 0.396 e. The number of likely N-dealkylation sites (N-methyl/N-ethyl adjacent to an activating group) is 1. The van der Waals surface area contributed by atoms with Gasteiger partial charge in [-0.1, -0.05) is 0 Å². The number of aliphatic hydroxyl groups is 1. The summed E-state index contributed by atoms with van der Waals surface area (Å²) in [6.45, 7) is 0.942. The van der Waals surface area contributed by atoms with Gasteiger partial charge in [0.1, 0.15) is 12.7 Å². The summed E-state index contributed by atoms with van der Waals surface area (Å²) in [4.78, 5) is 3.83. The Morgan fingerprint density at radius 1 is 1.67 bits per heavy atom. The molecule has 0 saturated carbocycles. The summed E-state index contributed by atoms with van der Waals surface area (Å²) >= 11 is 0. The average Bonchev–Trinajstić information content (AvgIpc) is 2.56. The van der Waals surface area contributed by atoms with Crippen LogP contribution in [0.5, 0.6) is 0 Å². The van der Waals surface area contributed by atoms with Crippen LogP contribution in [-0.4, -0.2) is 39.6 Å². The molecule has 0 saturated heterocycles. The van der Waals surface area contributed by atoms with Crippen LogP contribution >= 0.6 is 0 Å². The first-order valence-corrected chi connectivity index (χ1v) is 3.97. The highest BCUT2D eigenvalue weighted by molar-refractivity contribution is 4.66. The van der Waals surface area contributed by atoms with E-state index >= 15 is 0 Å². The summed E-state index contributed by atoms with van der Waals surface area (Å²) in [5.41, 5.74) is 0.